The number of methoxy groups -OCH3 is 1. The summed E-state index contributed by atoms with van der Waals surface area (Å²) in [6, 6.07) is 3.69. The first-order valence-corrected chi connectivity index (χ1v) is 7.53. The molecule has 1 aromatic rings. The number of rotatable bonds is 8. The van der Waals surface area contributed by atoms with Crippen LogP contribution in [0.5, 0.6) is 5.75 Å². The molecule has 0 aromatic heterocycles. The van der Waals surface area contributed by atoms with Gasteiger partial charge in [0.2, 0.25) is 5.91 Å². The van der Waals surface area contributed by atoms with Gasteiger partial charge in [-0.3, -0.25) is 9.59 Å². The second-order valence-corrected chi connectivity index (χ2v) is 5.83. The summed E-state index contributed by atoms with van der Waals surface area (Å²) in [4.78, 5) is 35.1. The van der Waals surface area contributed by atoms with Crippen molar-refractivity contribution in [2.45, 2.75) is 32.7 Å². The molecule has 0 heterocycles. The molecular formula is C16H20ClNO5. The molecule has 0 saturated heterocycles. The normalized spacial score (nSPS) is 11.9. The van der Waals surface area contributed by atoms with Crippen LogP contribution in [0.25, 0.3) is 0 Å². The van der Waals surface area contributed by atoms with Crippen LogP contribution in [0.2, 0.25) is 5.02 Å². The van der Waals surface area contributed by atoms with Gasteiger partial charge in [0.25, 0.3) is 0 Å². The summed E-state index contributed by atoms with van der Waals surface area (Å²) in [5, 5.41) is 11.8. The number of carbonyl (C=O) groups is 3. The molecule has 0 spiro atoms. The van der Waals surface area contributed by atoms with Gasteiger partial charge in [0.1, 0.15) is 11.8 Å². The van der Waals surface area contributed by atoms with Crippen LogP contribution in [0.4, 0.5) is 0 Å². The van der Waals surface area contributed by atoms with E-state index in [1.165, 1.54) is 13.2 Å². The lowest BCUT2D eigenvalue weighted by atomic mass is 10.0. The number of benzene rings is 1. The minimum atomic E-state index is -1.10. The first kappa shape index (κ1) is 19.0. The van der Waals surface area contributed by atoms with E-state index in [4.69, 9.17) is 21.4 Å². The number of halogens is 1. The highest BCUT2D eigenvalue weighted by Gasteiger charge is 2.23. The summed E-state index contributed by atoms with van der Waals surface area (Å²) in [7, 11) is 1.44. The molecular weight excluding hydrogens is 322 g/mol. The zero-order valence-corrected chi connectivity index (χ0v) is 14.0. The maximum absolute atomic E-state index is 12.2. The third-order valence-corrected chi connectivity index (χ3v) is 3.53. The minimum Gasteiger partial charge on any atom is -0.496 e. The third-order valence-electron chi connectivity index (χ3n) is 3.29. The van der Waals surface area contributed by atoms with Crippen LogP contribution in [0.15, 0.2) is 18.2 Å². The number of Topliss-reactive ketones (excluding diaryl/α,β-unsaturated/α-hetero) is 1. The number of aliphatic carboxylic acids is 1. The molecule has 126 valence electrons. The highest BCUT2D eigenvalue weighted by molar-refractivity contribution is 6.31. The van der Waals surface area contributed by atoms with Crippen LogP contribution < -0.4 is 10.1 Å². The standard InChI is InChI=1S/C16H20ClNO5/c1-9(2)15(16(21)22)18-14(20)7-5-12(19)11-8-10(17)4-6-13(11)23-3/h4,6,8-9,15H,5,7H2,1-3H3,(H,18,20)(H,21,22). The van der Waals surface area contributed by atoms with Gasteiger partial charge >= 0.3 is 5.97 Å². The van der Waals surface area contributed by atoms with Crippen molar-refractivity contribution in [3.05, 3.63) is 28.8 Å². The first-order valence-electron chi connectivity index (χ1n) is 7.15. The maximum Gasteiger partial charge on any atom is 0.326 e. The molecule has 0 fully saturated rings. The SMILES string of the molecule is COc1ccc(Cl)cc1C(=O)CCC(=O)NC(C(=O)O)C(C)C. The smallest absolute Gasteiger partial charge is 0.326 e. The largest absolute Gasteiger partial charge is 0.496 e. The molecule has 1 unspecified atom stereocenters. The summed E-state index contributed by atoms with van der Waals surface area (Å²) in [6.07, 6.45) is -0.169. The average molecular weight is 342 g/mol. The van der Waals surface area contributed by atoms with Gasteiger partial charge in [-0.25, -0.2) is 4.79 Å². The minimum absolute atomic E-state index is 0.0625. The number of amides is 1. The summed E-state index contributed by atoms with van der Waals surface area (Å²) in [5.74, 6) is -1.75. The molecule has 7 heteroatoms. The fourth-order valence-corrected chi connectivity index (χ4v) is 2.19. The predicted octanol–water partition coefficient (Wildman–Crippen LogP) is 2.54. The van der Waals surface area contributed by atoms with Gasteiger partial charge in [-0.2, -0.15) is 0 Å². The monoisotopic (exact) mass is 341 g/mol. The van der Waals surface area contributed by atoms with Crippen molar-refractivity contribution < 1.29 is 24.2 Å². The lowest BCUT2D eigenvalue weighted by Crippen LogP contribution is -2.44. The van der Waals surface area contributed by atoms with Crippen molar-refractivity contribution in [3.8, 4) is 5.75 Å². The molecule has 0 aliphatic rings. The van der Waals surface area contributed by atoms with Crippen molar-refractivity contribution in [1.29, 1.82) is 0 Å². The molecule has 1 amide bonds. The van der Waals surface area contributed by atoms with Crippen LogP contribution in [-0.2, 0) is 9.59 Å². The average Bonchev–Trinajstić information content (AvgIpc) is 2.49. The van der Waals surface area contributed by atoms with Gasteiger partial charge in [0.15, 0.2) is 5.78 Å². The highest BCUT2D eigenvalue weighted by atomic mass is 35.5. The van der Waals surface area contributed by atoms with E-state index < -0.39 is 17.9 Å². The Hall–Kier alpha value is -2.08. The lowest BCUT2D eigenvalue weighted by molar-refractivity contribution is -0.143. The fourth-order valence-electron chi connectivity index (χ4n) is 2.02. The first-order chi connectivity index (χ1) is 10.8. The molecule has 23 heavy (non-hydrogen) atoms. The van der Waals surface area contributed by atoms with Crippen LogP contribution in [-0.4, -0.2) is 35.9 Å². The number of nitrogens with one attached hydrogen (secondary N) is 1. The maximum atomic E-state index is 12.2. The van der Waals surface area contributed by atoms with Gasteiger partial charge in [-0.1, -0.05) is 25.4 Å². The summed E-state index contributed by atoms with van der Waals surface area (Å²) < 4.78 is 5.10. The molecule has 0 aliphatic carbocycles. The van der Waals surface area contributed by atoms with E-state index in [0.717, 1.165) is 0 Å². The molecule has 1 aromatic carbocycles. The van der Waals surface area contributed by atoms with Crippen LogP contribution in [0.1, 0.15) is 37.0 Å². The topological polar surface area (TPSA) is 92.7 Å². The number of ketones is 1. The zero-order chi connectivity index (χ0) is 17.6. The molecule has 0 bridgehead atoms. The van der Waals surface area contributed by atoms with Gasteiger partial charge in [0.05, 0.1) is 12.7 Å². The van der Waals surface area contributed by atoms with Crippen molar-refractivity contribution in [1.82, 2.24) is 5.32 Å². The Morgan fingerprint density at radius 2 is 1.91 bits per heavy atom. The van der Waals surface area contributed by atoms with E-state index in [2.05, 4.69) is 5.32 Å². The number of carboxylic acids is 1. The van der Waals surface area contributed by atoms with Gasteiger partial charge in [0, 0.05) is 17.9 Å². The quantitative estimate of drug-likeness (QED) is 0.709. The Bertz CT molecular complexity index is 600. The Balaban J connectivity index is 2.67. The molecule has 0 saturated carbocycles. The Morgan fingerprint density at radius 3 is 2.43 bits per heavy atom. The molecule has 2 N–H and O–H groups in total. The number of hydrogen-bond donors (Lipinski definition) is 2. The molecule has 1 rings (SSSR count). The molecule has 0 radical (unpaired) electrons. The Labute approximate surface area is 139 Å². The lowest BCUT2D eigenvalue weighted by Gasteiger charge is -2.17. The van der Waals surface area contributed by atoms with E-state index >= 15 is 0 Å². The third kappa shape index (κ3) is 5.56. The summed E-state index contributed by atoms with van der Waals surface area (Å²) >= 11 is 5.87. The summed E-state index contributed by atoms with van der Waals surface area (Å²) in [5.41, 5.74) is 0.298. The van der Waals surface area contributed by atoms with E-state index in [-0.39, 0.29) is 24.5 Å². The van der Waals surface area contributed by atoms with E-state index in [1.807, 2.05) is 0 Å². The number of ether oxygens (including phenoxy) is 1. The van der Waals surface area contributed by atoms with Crippen molar-refractivity contribution in [3.63, 3.8) is 0 Å². The number of carbonyl (C=O) groups excluding carboxylic acids is 2. The Morgan fingerprint density at radius 1 is 1.26 bits per heavy atom. The van der Waals surface area contributed by atoms with Crippen LogP contribution >= 0.6 is 11.6 Å². The van der Waals surface area contributed by atoms with Crippen LogP contribution in [0, 0.1) is 5.92 Å². The van der Waals surface area contributed by atoms with E-state index in [0.29, 0.717) is 16.3 Å². The number of hydrogen-bond acceptors (Lipinski definition) is 4. The van der Waals surface area contributed by atoms with Crippen LogP contribution in [0.3, 0.4) is 0 Å². The second-order valence-electron chi connectivity index (χ2n) is 5.40. The molecule has 6 nitrogen and oxygen atoms in total. The molecule has 1 atom stereocenters. The van der Waals surface area contributed by atoms with Gasteiger partial charge in [-0.15, -0.1) is 0 Å². The second kappa shape index (κ2) is 8.53. The van der Waals surface area contributed by atoms with E-state index in [1.54, 1.807) is 26.0 Å². The van der Waals surface area contributed by atoms with Crippen molar-refractivity contribution >= 4 is 29.3 Å². The van der Waals surface area contributed by atoms with Crippen molar-refractivity contribution in [2.24, 2.45) is 5.92 Å². The van der Waals surface area contributed by atoms with Crippen molar-refractivity contribution in [2.75, 3.05) is 7.11 Å². The fraction of sp³-hybridized carbons (Fsp3) is 0.438. The van der Waals surface area contributed by atoms with Gasteiger partial charge in [-0.05, 0) is 24.1 Å². The van der Waals surface area contributed by atoms with Gasteiger partial charge < -0.3 is 15.2 Å². The number of carboxylic acid groups (broad SMARTS) is 1. The zero-order valence-electron chi connectivity index (χ0n) is 13.3. The molecule has 0 aliphatic heterocycles. The highest BCUT2D eigenvalue weighted by Crippen LogP contribution is 2.24. The predicted molar refractivity (Wildman–Crippen MR) is 86.0 cm³/mol. The van der Waals surface area contributed by atoms with E-state index in [9.17, 15) is 14.4 Å². The Kier molecular flexibility index (Phi) is 7.03. The summed E-state index contributed by atoms with van der Waals surface area (Å²) in [6.45, 7) is 3.39.